The highest BCUT2D eigenvalue weighted by molar-refractivity contribution is 5.82. The summed E-state index contributed by atoms with van der Waals surface area (Å²) in [6.45, 7) is 0.0504. The molecular weight excluding hydrogens is 460 g/mol. The molecule has 4 aliphatic rings. The molecule has 1 amide bonds. The molecule has 3 aromatic rings. The fraction of sp³-hybridized carbons (Fsp3) is 0.448. The van der Waals surface area contributed by atoms with Gasteiger partial charge in [0, 0.05) is 29.2 Å². The summed E-state index contributed by atoms with van der Waals surface area (Å²) in [4.78, 5) is 17.6. The molecule has 1 aliphatic heterocycles. The number of nitrogens with one attached hydrogen (secondary N) is 1. The predicted molar refractivity (Wildman–Crippen MR) is 132 cm³/mol. The van der Waals surface area contributed by atoms with Crippen molar-refractivity contribution in [2.45, 2.75) is 70.1 Å². The number of carbonyl (C=O) groups excluding carboxylic acids is 1. The number of rotatable bonds is 6. The van der Waals surface area contributed by atoms with Crippen LogP contribution in [0.4, 0.5) is 8.78 Å². The van der Waals surface area contributed by atoms with Crippen molar-refractivity contribution in [1.29, 1.82) is 0 Å². The molecule has 2 unspecified atom stereocenters. The summed E-state index contributed by atoms with van der Waals surface area (Å²) in [5, 5.41) is 14.6. The van der Waals surface area contributed by atoms with Crippen LogP contribution in [0.5, 0.6) is 0 Å². The highest BCUT2D eigenvalue weighted by atomic mass is 19.1. The molecule has 188 valence electrons. The number of amides is 1. The number of benzene rings is 2. The summed E-state index contributed by atoms with van der Waals surface area (Å²) in [6.07, 6.45) is 9.51. The van der Waals surface area contributed by atoms with Crippen LogP contribution in [0.3, 0.4) is 0 Å². The van der Waals surface area contributed by atoms with E-state index in [0.717, 1.165) is 56.7 Å². The van der Waals surface area contributed by atoms with Crippen LogP contribution in [-0.2, 0) is 11.3 Å². The second-order valence-corrected chi connectivity index (χ2v) is 11.0. The molecule has 3 fully saturated rings. The van der Waals surface area contributed by atoms with E-state index in [9.17, 15) is 18.7 Å². The summed E-state index contributed by atoms with van der Waals surface area (Å²) >= 11 is 0. The van der Waals surface area contributed by atoms with Crippen LogP contribution in [0.15, 0.2) is 55.0 Å². The van der Waals surface area contributed by atoms with Crippen molar-refractivity contribution in [2.24, 2.45) is 10.8 Å². The molecule has 2 heterocycles. The lowest BCUT2D eigenvalue weighted by atomic mass is 9.62. The fourth-order valence-corrected chi connectivity index (χ4v) is 7.01. The first kappa shape index (κ1) is 23.3. The molecule has 2 atom stereocenters. The number of carbonyl (C=O) groups is 1. The summed E-state index contributed by atoms with van der Waals surface area (Å²) in [7, 11) is 0. The van der Waals surface area contributed by atoms with E-state index < -0.39 is 23.2 Å². The normalized spacial score (nSPS) is 27.2. The number of aromatic nitrogens is 2. The van der Waals surface area contributed by atoms with Crippen molar-refractivity contribution in [3.63, 3.8) is 0 Å². The monoisotopic (exact) mass is 491 g/mol. The molecule has 2 N–H and O–H groups in total. The van der Waals surface area contributed by atoms with E-state index in [1.54, 1.807) is 0 Å². The second-order valence-electron chi connectivity index (χ2n) is 11.0. The lowest BCUT2D eigenvalue weighted by molar-refractivity contribution is -0.135. The van der Waals surface area contributed by atoms with Gasteiger partial charge in [0.25, 0.3) is 0 Å². The Bertz CT molecular complexity index is 1300. The molecule has 3 aliphatic carbocycles. The Morgan fingerprint density at radius 3 is 2.72 bits per heavy atom. The van der Waals surface area contributed by atoms with Gasteiger partial charge in [-0.25, -0.2) is 13.8 Å². The van der Waals surface area contributed by atoms with Crippen LogP contribution in [0.2, 0.25) is 0 Å². The maximum absolute atomic E-state index is 14.0. The molecule has 7 heteroatoms. The number of imidazole rings is 1. The van der Waals surface area contributed by atoms with Crippen LogP contribution < -0.4 is 5.32 Å². The summed E-state index contributed by atoms with van der Waals surface area (Å²) in [5.41, 5.74) is 3.12. The van der Waals surface area contributed by atoms with E-state index in [1.807, 2.05) is 24.7 Å². The lowest BCUT2D eigenvalue weighted by Crippen LogP contribution is -2.46. The molecule has 36 heavy (non-hydrogen) atoms. The first-order valence-electron chi connectivity index (χ1n) is 12.9. The minimum atomic E-state index is -0.644. The first-order valence-corrected chi connectivity index (χ1v) is 12.9. The van der Waals surface area contributed by atoms with E-state index in [4.69, 9.17) is 0 Å². The van der Waals surface area contributed by atoms with E-state index >= 15 is 0 Å². The fourth-order valence-electron chi connectivity index (χ4n) is 7.01. The van der Waals surface area contributed by atoms with Crippen molar-refractivity contribution in [3.8, 4) is 11.3 Å². The Hall–Kier alpha value is -3.06. The van der Waals surface area contributed by atoms with Gasteiger partial charge in [0.05, 0.1) is 30.4 Å². The van der Waals surface area contributed by atoms with E-state index in [0.29, 0.717) is 6.42 Å². The first-order chi connectivity index (χ1) is 17.4. The maximum Gasteiger partial charge on any atom is 0.226 e. The highest BCUT2D eigenvalue weighted by Crippen LogP contribution is 2.57. The van der Waals surface area contributed by atoms with Crippen LogP contribution in [0, 0.1) is 22.5 Å². The number of halogens is 2. The van der Waals surface area contributed by atoms with Crippen molar-refractivity contribution in [3.05, 3.63) is 77.8 Å². The molecule has 7 rings (SSSR count). The number of aliphatic hydroxyl groups excluding tert-OH is 1. The van der Waals surface area contributed by atoms with Gasteiger partial charge in [-0.1, -0.05) is 36.8 Å². The summed E-state index contributed by atoms with van der Waals surface area (Å²) in [5.74, 6) is -1.32. The summed E-state index contributed by atoms with van der Waals surface area (Å²) in [6, 6.07) is 11.8. The third-order valence-corrected chi connectivity index (χ3v) is 9.22. The predicted octanol–water partition coefficient (Wildman–Crippen LogP) is 5.53. The van der Waals surface area contributed by atoms with Gasteiger partial charge in [0.1, 0.15) is 11.6 Å². The Kier molecular flexibility index (Phi) is 5.71. The second kappa shape index (κ2) is 8.80. The number of aliphatic hydroxyl groups is 1. The van der Waals surface area contributed by atoms with Gasteiger partial charge < -0.3 is 15.0 Å². The largest absolute Gasteiger partial charge is 0.392 e. The SMILES string of the molecule is O=C(NCc1ccc(F)cc1F)C12CCCC(C(O)CC3c4ccccc4-c4cncn43)(CC1)CC2. The van der Waals surface area contributed by atoms with Gasteiger partial charge in [-0.2, -0.15) is 0 Å². The molecule has 3 saturated carbocycles. The Balaban J connectivity index is 1.15. The van der Waals surface area contributed by atoms with Crippen molar-refractivity contribution < 1.29 is 18.7 Å². The molecule has 2 bridgehead atoms. The van der Waals surface area contributed by atoms with E-state index in [1.165, 1.54) is 23.3 Å². The smallest absolute Gasteiger partial charge is 0.226 e. The van der Waals surface area contributed by atoms with Gasteiger partial charge in [-0.05, 0) is 62.0 Å². The highest BCUT2D eigenvalue weighted by Gasteiger charge is 2.52. The van der Waals surface area contributed by atoms with Crippen molar-refractivity contribution >= 4 is 5.91 Å². The van der Waals surface area contributed by atoms with Crippen molar-refractivity contribution in [2.75, 3.05) is 0 Å². The number of fused-ring (bicyclic) bond motifs is 7. The van der Waals surface area contributed by atoms with Crippen LogP contribution in [-0.4, -0.2) is 26.7 Å². The van der Waals surface area contributed by atoms with E-state index in [-0.39, 0.29) is 29.5 Å². The van der Waals surface area contributed by atoms with Gasteiger partial charge in [-0.3, -0.25) is 4.79 Å². The van der Waals surface area contributed by atoms with Gasteiger partial charge >= 0.3 is 0 Å². The van der Waals surface area contributed by atoms with Crippen LogP contribution in [0.25, 0.3) is 11.3 Å². The molecular formula is C29H31F2N3O2. The Labute approximate surface area is 209 Å². The minimum Gasteiger partial charge on any atom is -0.392 e. The average molecular weight is 492 g/mol. The number of nitrogens with zero attached hydrogens (tertiary/aromatic N) is 2. The zero-order valence-electron chi connectivity index (χ0n) is 20.2. The van der Waals surface area contributed by atoms with Crippen LogP contribution >= 0.6 is 0 Å². The third kappa shape index (κ3) is 3.76. The molecule has 2 aromatic carbocycles. The average Bonchev–Trinajstić information content (AvgIpc) is 3.33. The standard InChI is InChI=1S/C29H31F2N3O2/c30-20-7-6-19(23(31)14-20)16-33-27(36)29-9-3-8-28(10-12-29,11-13-29)26(35)15-24-21-4-1-2-5-22(21)25-17-32-18-34(24)25/h1-2,4-7,14,17-18,24,26,35H,3,8-13,15-16H2,(H,33,36). The van der Waals surface area contributed by atoms with E-state index in [2.05, 4.69) is 27.0 Å². The molecule has 0 spiro atoms. The zero-order chi connectivity index (χ0) is 24.9. The quantitative estimate of drug-likeness (QED) is 0.477. The lowest BCUT2D eigenvalue weighted by Gasteiger charge is -2.45. The topological polar surface area (TPSA) is 67.2 Å². The molecule has 0 saturated heterocycles. The van der Waals surface area contributed by atoms with Gasteiger partial charge in [0.15, 0.2) is 0 Å². The number of hydrogen-bond donors (Lipinski definition) is 2. The summed E-state index contributed by atoms with van der Waals surface area (Å²) < 4.78 is 29.4. The van der Waals surface area contributed by atoms with Crippen LogP contribution in [0.1, 0.15) is 68.5 Å². The Morgan fingerprint density at radius 1 is 1.11 bits per heavy atom. The number of hydrogen-bond acceptors (Lipinski definition) is 3. The molecule has 5 nitrogen and oxygen atoms in total. The minimum absolute atomic E-state index is 0.0504. The molecule has 1 aromatic heterocycles. The third-order valence-electron chi connectivity index (χ3n) is 9.22. The zero-order valence-corrected chi connectivity index (χ0v) is 20.2. The van der Waals surface area contributed by atoms with Crippen molar-refractivity contribution in [1.82, 2.24) is 14.9 Å². The Morgan fingerprint density at radius 2 is 1.92 bits per heavy atom. The van der Waals surface area contributed by atoms with Gasteiger partial charge in [0.2, 0.25) is 5.91 Å². The maximum atomic E-state index is 14.0. The molecule has 0 radical (unpaired) electrons. The van der Waals surface area contributed by atoms with Gasteiger partial charge in [-0.15, -0.1) is 0 Å².